The Balaban J connectivity index is 0.00000161. The number of hydrogen-bond acceptors (Lipinski definition) is 2. The number of likely N-dealkylation sites (tertiary alicyclic amines) is 1. The van der Waals surface area contributed by atoms with Crippen molar-refractivity contribution in [1.82, 2.24) is 10.2 Å². The Hall–Kier alpha value is -1.06. The van der Waals surface area contributed by atoms with Gasteiger partial charge in [-0.3, -0.25) is 4.79 Å². The minimum absolute atomic E-state index is 0. The molecule has 0 aliphatic carbocycles. The van der Waals surface area contributed by atoms with Crippen LogP contribution in [0.2, 0.25) is 0 Å². The molecule has 0 aromatic heterocycles. The monoisotopic (exact) mass is 308 g/mol. The number of aryl methyl sites for hydroxylation is 1. The van der Waals surface area contributed by atoms with E-state index in [0.29, 0.717) is 5.41 Å². The fourth-order valence-corrected chi connectivity index (χ4v) is 3.52. The molecule has 0 saturated carbocycles. The van der Waals surface area contributed by atoms with Gasteiger partial charge in [-0.25, -0.2) is 0 Å². The molecule has 4 heteroatoms. The third kappa shape index (κ3) is 3.58. The molecular formula is C17H25ClN2O. The first-order chi connectivity index (χ1) is 9.69. The van der Waals surface area contributed by atoms with Crippen LogP contribution in [0.1, 0.15) is 41.6 Å². The van der Waals surface area contributed by atoms with Crippen molar-refractivity contribution >= 4 is 18.3 Å². The van der Waals surface area contributed by atoms with E-state index in [1.807, 2.05) is 29.2 Å². The van der Waals surface area contributed by atoms with Crippen LogP contribution in [0.4, 0.5) is 0 Å². The van der Waals surface area contributed by atoms with Crippen molar-refractivity contribution in [2.45, 2.75) is 32.6 Å². The SMILES string of the molecule is Cc1ccc(C(=O)N2CCC3(CCCNC3)CC2)cc1.Cl. The van der Waals surface area contributed by atoms with E-state index in [2.05, 4.69) is 12.2 Å². The van der Waals surface area contributed by atoms with E-state index in [9.17, 15) is 4.79 Å². The maximum Gasteiger partial charge on any atom is 0.253 e. The molecule has 116 valence electrons. The van der Waals surface area contributed by atoms with Gasteiger partial charge >= 0.3 is 0 Å². The van der Waals surface area contributed by atoms with Crippen LogP contribution in [0, 0.1) is 12.3 Å². The summed E-state index contributed by atoms with van der Waals surface area (Å²) in [6.45, 7) is 6.17. The van der Waals surface area contributed by atoms with Crippen molar-refractivity contribution in [2.75, 3.05) is 26.2 Å². The highest BCUT2D eigenvalue weighted by Crippen LogP contribution is 2.37. The number of hydrogen-bond donors (Lipinski definition) is 1. The number of carbonyl (C=O) groups is 1. The van der Waals surface area contributed by atoms with Crippen LogP contribution in [0.5, 0.6) is 0 Å². The first-order valence-corrected chi connectivity index (χ1v) is 7.75. The summed E-state index contributed by atoms with van der Waals surface area (Å²) in [7, 11) is 0. The van der Waals surface area contributed by atoms with Gasteiger partial charge in [0.15, 0.2) is 0 Å². The largest absolute Gasteiger partial charge is 0.339 e. The Kier molecular flexibility index (Phi) is 5.28. The first-order valence-electron chi connectivity index (χ1n) is 7.75. The van der Waals surface area contributed by atoms with Crippen molar-refractivity contribution in [3.8, 4) is 0 Å². The second-order valence-electron chi connectivity index (χ2n) is 6.44. The number of benzene rings is 1. The van der Waals surface area contributed by atoms with Crippen LogP contribution in [-0.4, -0.2) is 37.0 Å². The van der Waals surface area contributed by atoms with Gasteiger partial charge in [0, 0.05) is 25.2 Å². The molecule has 1 N–H and O–H groups in total. The maximum atomic E-state index is 12.5. The third-order valence-corrected chi connectivity index (χ3v) is 4.97. The minimum Gasteiger partial charge on any atom is -0.339 e. The summed E-state index contributed by atoms with van der Waals surface area (Å²) in [5, 5.41) is 3.52. The molecular weight excluding hydrogens is 284 g/mol. The van der Waals surface area contributed by atoms with E-state index in [1.165, 1.54) is 18.4 Å². The van der Waals surface area contributed by atoms with Crippen molar-refractivity contribution in [3.05, 3.63) is 35.4 Å². The summed E-state index contributed by atoms with van der Waals surface area (Å²) < 4.78 is 0. The van der Waals surface area contributed by atoms with E-state index in [-0.39, 0.29) is 18.3 Å². The molecule has 0 radical (unpaired) electrons. The molecule has 1 aromatic rings. The number of nitrogens with zero attached hydrogens (tertiary/aromatic N) is 1. The van der Waals surface area contributed by atoms with Gasteiger partial charge < -0.3 is 10.2 Å². The molecule has 1 spiro atoms. The molecule has 0 unspecified atom stereocenters. The number of piperidine rings is 2. The molecule has 2 aliphatic rings. The van der Waals surface area contributed by atoms with Gasteiger partial charge in [-0.1, -0.05) is 17.7 Å². The molecule has 2 saturated heterocycles. The lowest BCUT2D eigenvalue weighted by atomic mass is 9.73. The van der Waals surface area contributed by atoms with Gasteiger partial charge in [0.25, 0.3) is 5.91 Å². The number of amides is 1. The summed E-state index contributed by atoms with van der Waals surface area (Å²) in [6.07, 6.45) is 4.91. The number of nitrogens with one attached hydrogen (secondary N) is 1. The summed E-state index contributed by atoms with van der Waals surface area (Å²) in [5.41, 5.74) is 2.49. The predicted molar refractivity (Wildman–Crippen MR) is 88.1 cm³/mol. The molecule has 3 nitrogen and oxygen atoms in total. The van der Waals surface area contributed by atoms with E-state index >= 15 is 0 Å². The molecule has 1 aromatic carbocycles. The average molecular weight is 309 g/mol. The Morgan fingerprint density at radius 1 is 1.14 bits per heavy atom. The molecule has 0 atom stereocenters. The Morgan fingerprint density at radius 2 is 1.81 bits per heavy atom. The maximum absolute atomic E-state index is 12.5. The fraction of sp³-hybridized carbons (Fsp3) is 0.588. The number of carbonyl (C=O) groups excluding carboxylic acids is 1. The highest BCUT2D eigenvalue weighted by Gasteiger charge is 2.36. The minimum atomic E-state index is 0. The van der Waals surface area contributed by atoms with Gasteiger partial charge in [0.2, 0.25) is 0 Å². The lowest BCUT2D eigenvalue weighted by molar-refractivity contribution is 0.0513. The molecule has 1 amide bonds. The van der Waals surface area contributed by atoms with Gasteiger partial charge in [-0.15, -0.1) is 12.4 Å². The van der Waals surface area contributed by atoms with E-state index in [0.717, 1.165) is 44.6 Å². The molecule has 2 aliphatic heterocycles. The fourth-order valence-electron chi connectivity index (χ4n) is 3.52. The smallest absolute Gasteiger partial charge is 0.253 e. The van der Waals surface area contributed by atoms with Crippen LogP contribution in [0.25, 0.3) is 0 Å². The zero-order valence-electron chi connectivity index (χ0n) is 12.7. The Labute approximate surface area is 133 Å². The zero-order chi connectivity index (χ0) is 14.0. The second kappa shape index (κ2) is 6.80. The van der Waals surface area contributed by atoms with Crippen LogP contribution >= 0.6 is 12.4 Å². The summed E-state index contributed by atoms with van der Waals surface area (Å²) in [6, 6.07) is 7.93. The predicted octanol–water partition coefficient (Wildman–Crippen LogP) is 3.02. The van der Waals surface area contributed by atoms with Crippen molar-refractivity contribution < 1.29 is 4.79 Å². The Bertz CT molecular complexity index is 470. The zero-order valence-corrected chi connectivity index (χ0v) is 13.5. The lowest BCUT2D eigenvalue weighted by Crippen LogP contribution is -2.49. The molecule has 3 rings (SSSR count). The average Bonchev–Trinajstić information content (AvgIpc) is 2.49. The quantitative estimate of drug-likeness (QED) is 0.865. The second-order valence-corrected chi connectivity index (χ2v) is 6.44. The highest BCUT2D eigenvalue weighted by atomic mass is 35.5. The van der Waals surface area contributed by atoms with Crippen LogP contribution in [0.3, 0.4) is 0 Å². The highest BCUT2D eigenvalue weighted by molar-refractivity contribution is 5.94. The topological polar surface area (TPSA) is 32.3 Å². The van der Waals surface area contributed by atoms with Gasteiger partial charge in [0.1, 0.15) is 0 Å². The molecule has 0 bridgehead atoms. The standard InChI is InChI=1S/C17H24N2O.ClH/c1-14-3-5-15(6-4-14)16(20)19-11-8-17(9-12-19)7-2-10-18-13-17;/h3-6,18H,2,7-13H2,1H3;1H. The van der Waals surface area contributed by atoms with Crippen molar-refractivity contribution in [2.24, 2.45) is 5.41 Å². The van der Waals surface area contributed by atoms with Crippen LogP contribution in [0.15, 0.2) is 24.3 Å². The normalized spacial score (nSPS) is 20.9. The van der Waals surface area contributed by atoms with E-state index in [4.69, 9.17) is 0 Å². The van der Waals surface area contributed by atoms with Crippen LogP contribution < -0.4 is 5.32 Å². The summed E-state index contributed by atoms with van der Waals surface area (Å²) in [5.74, 6) is 0.198. The Morgan fingerprint density at radius 3 is 2.38 bits per heavy atom. The summed E-state index contributed by atoms with van der Waals surface area (Å²) in [4.78, 5) is 14.5. The number of rotatable bonds is 1. The third-order valence-electron chi connectivity index (χ3n) is 4.97. The van der Waals surface area contributed by atoms with Crippen molar-refractivity contribution in [3.63, 3.8) is 0 Å². The molecule has 21 heavy (non-hydrogen) atoms. The molecule has 2 fully saturated rings. The van der Waals surface area contributed by atoms with Gasteiger partial charge in [0.05, 0.1) is 0 Å². The van der Waals surface area contributed by atoms with Crippen LogP contribution in [-0.2, 0) is 0 Å². The summed E-state index contributed by atoms with van der Waals surface area (Å²) >= 11 is 0. The van der Waals surface area contributed by atoms with Gasteiger partial charge in [-0.05, 0) is 56.7 Å². The molecule has 2 heterocycles. The van der Waals surface area contributed by atoms with E-state index in [1.54, 1.807) is 0 Å². The first kappa shape index (κ1) is 16.3. The number of halogens is 1. The van der Waals surface area contributed by atoms with E-state index < -0.39 is 0 Å². The van der Waals surface area contributed by atoms with Gasteiger partial charge in [-0.2, -0.15) is 0 Å². The lowest BCUT2D eigenvalue weighted by Gasteiger charge is -2.44. The van der Waals surface area contributed by atoms with Crippen molar-refractivity contribution in [1.29, 1.82) is 0 Å².